The normalized spacial score (nSPS) is 10.5. The van der Waals surface area contributed by atoms with Crippen molar-refractivity contribution in [1.29, 1.82) is 0 Å². The molecule has 0 aliphatic heterocycles. The molecule has 66 valence electrons. The molecule has 0 bridgehead atoms. The number of hydrogen-bond acceptors (Lipinski definition) is 4. The van der Waals surface area contributed by atoms with E-state index in [1.54, 1.807) is 6.07 Å². The van der Waals surface area contributed by atoms with Crippen molar-refractivity contribution < 1.29 is 4.92 Å². The summed E-state index contributed by atoms with van der Waals surface area (Å²) in [5.74, 6) is 0. The van der Waals surface area contributed by atoms with E-state index in [9.17, 15) is 10.1 Å². The summed E-state index contributed by atoms with van der Waals surface area (Å²) in [5, 5.41) is 10.4. The topological polar surface area (TPSA) is 56.0 Å². The molecule has 0 aliphatic carbocycles. The zero-order chi connectivity index (χ0) is 9.42. The Labute approximate surface area is 78.0 Å². The summed E-state index contributed by atoms with van der Waals surface area (Å²) in [5.41, 5.74) is 1.79. The summed E-state index contributed by atoms with van der Waals surface area (Å²) in [4.78, 5) is 13.8. The fraction of sp³-hybridized carbons (Fsp3) is 0.125. The first-order chi connectivity index (χ1) is 6.16. The first kappa shape index (κ1) is 8.12. The van der Waals surface area contributed by atoms with Gasteiger partial charge in [-0.1, -0.05) is 6.07 Å². The van der Waals surface area contributed by atoms with Crippen molar-refractivity contribution in [2.75, 3.05) is 0 Å². The van der Waals surface area contributed by atoms with Crippen LogP contribution in [0.2, 0.25) is 0 Å². The highest BCUT2D eigenvalue weighted by molar-refractivity contribution is 7.21. The smallest absolute Gasteiger partial charge is 0.357 e. The van der Waals surface area contributed by atoms with Gasteiger partial charge in [0, 0.05) is 0 Å². The van der Waals surface area contributed by atoms with Gasteiger partial charge >= 0.3 is 5.13 Å². The molecule has 0 spiro atoms. The molecule has 2 rings (SSSR count). The second kappa shape index (κ2) is 2.77. The van der Waals surface area contributed by atoms with Gasteiger partial charge in [0.15, 0.2) is 5.52 Å². The molecule has 0 fully saturated rings. The number of hydrogen-bond donors (Lipinski definition) is 0. The molecule has 4 nitrogen and oxygen atoms in total. The lowest BCUT2D eigenvalue weighted by Gasteiger charge is -1.85. The maximum atomic E-state index is 10.4. The monoisotopic (exact) mass is 194 g/mol. The number of thiazole rings is 1. The summed E-state index contributed by atoms with van der Waals surface area (Å²) >= 11 is 1.11. The van der Waals surface area contributed by atoms with E-state index < -0.39 is 4.92 Å². The van der Waals surface area contributed by atoms with Crippen LogP contribution in [0.1, 0.15) is 5.56 Å². The average molecular weight is 194 g/mol. The molecule has 1 heterocycles. The minimum atomic E-state index is -0.458. The van der Waals surface area contributed by atoms with Crippen molar-refractivity contribution in [2.24, 2.45) is 0 Å². The fourth-order valence-electron chi connectivity index (χ4n) is 1.10. The van der Waals surface area contributed by atoms with E-state index in [2.05, 4.69) is 4.98 Å². The highest BCUT2D eigenvalue weighted by Crippen LogP contribution is 2.27. The van der Waals surface area contributed by atoms with Gasteiger partial charge in [-0.25, -0.2) is 0 Å². The zero-order valence-electron chi connectivity index (χ0n) is 6.85. The van der Waals surface area contributed by atoms with E-state index in [1.165, 1.54) is 0 Å². The Kier molecular flexibility index (Phi) is 1.73. The zero-order valence-corrected chi connectivity index (χ0v) is 7.67. The van der Waals surface area contributed by atoms with Crippen molar-refractivity contribution in [2.45, 2.75) is 6.92 Å². The van der Waals surface area contributed by atoms with Gasteiger partial charge in [-0.05, 0) is 45.9 Å². The van der Waals surface area contributed by atoms with Crippen molar-refractivity contribution in [3.8, 4) is 0 Å². The van der Waals surface area contributed by atoms with Crippen LogP contribution in [0.25, 0.3) is 10.2 Å². The lowest BCUT2D eigenvalue weighted by atomic mass is 10.2. The highest BCUT2D eigenvalue weighted by atomic mass is 32.1. The predicted molar refractivity (Wildman–Crippen MR) is 51.0 cm³/mol. The molecule has 13 heavy (non-hydrogen) atoms. The van der Waals surface area contributed by atoms with Crippen molar-refractivity contribution >= 4 is 26.7 Å². The number of aromatic nitrogens is 1. The maximum Gasteiger partial charge on any atom is 0.424 e. The minimum Gasteiger partial charge on any atom is -0.357 e. The largest absolute Gasteiger partial charge is 0.424 e. The number of aryl methyl sites for hydroxylation is 1. The SMILES string of the molecule is Cc1ccc2nc([N+](=O)[O-])sc2c1. The third-order valence-corrected chi connectivity index (χ3v) is 2.66. The third kappa shape index (κ3) is 1.38. The second-order valence-corrected chi connectivity index (χ2v) is 3.73. The van der Waals surface area contributed by atoms with Gasteiger partial charge in [-0.2, -0.15) is 0 Å². The summed E-state index contributed by atoms with van der Waals surface area (Å²) in [6, 6.07) is 5.60. The lowest BCUT2D eigenvalue weighted by Crippen LogP contribution is -1.84. The summed E-state index contributed by atoms with van der Waals surface area (Å²) in [6.07, 6.45) is 0. The fourth-order valence-corrected chi connectivity index (χ4v) is 1.98. The predicted octanol–water partition coefficient (Wildman–Crippen LogP) is 2.51. The molecule has 0 saturated heterocycles. The van der Waals surface area contributed by atoms with Crippen LogP contribution in [-0.2, 0) is 0 Å². The number of nitro groups is 1. The van der Waals surface area contributed by atoms with Gasteiger partial charge in [0.05, 0.1) is 4.70 Å². The molecule has 0 aliphatic rings. The first-order valence-corrected chi connectivity index (χ1v) is 4.50. The van der Waals surface area contributed by atoms with Crippen LogP contribution in [0.5, 0.6) is 0 Å². The molecule has 0 saturated carbocycles. The van der Waals surface area contributed by atoms with Crippen LogP contribution < -0.4 is 0 Å². The van der Waals surface area contributed by atoms with E-state index in [1.807, 2.05) is 19.1 Å². The van der Waals surface area contributed by atoms with Gasteiger partial charge in [0.25, 0.3) is 0 Å². The molecule has 0 radical (unpaired) electrons. The molecule has 2 aromatic rings. The van der Waals surface area contributed by atoms with E-state index >= 15 is 0 Å². The molecule has 5 heteroatoms. The van der Waals surface area contributed by atoms with E-state index in [-0.39, 0.29) is 5.13 Å². The number of fused-ring (bicyclic) bond motifs is 1. The minimum absolute atomic E-state index is 0.0411. The maximum absolute atomic E-state index is 10.4. The van der Waals surface area contributed by atoms with Crippen molar-refractivity contribution in [1.82, 2.24) is 4.98 Å². The van der Waals surface area contributed by atoms with E-state index in [0.29, 0.717) is 5.52 Å². The van der Waals surface area contributed by atoms with Gasteiger partial charge < -0.3 is 10.1 Å². The standard InChI is InChI=1S/C8H6N2O2S/c1-5-2-3-6-7(4-5)13-8(9-6)10(11)12/h2-4H,1H3. The van der Waals surface area contributed by atoms with Crippen LogP contribution in [0, 0.1) is 17.0 Å². The Hall–Kier alpha value is -1.49. The summed E-state index contributed by atoms with van der Waals surface area (Å²) in [7, 11) is 0. The molecule has 1 aromatic heterocycles. The Bertz CT molecular complexity index is 478. The Balaban J connectivity index is 2.68. The van der Waals surface area contributed by atoms with Gasteiger partial charge in [-0.3, -0.25) is 0 Å². The second-order valence-electron chi connectivity index (χ2n) is 2.72. The van der Waals surface area contributed by atoms with Crippen LogP contribution in [0.15, 0.2) is 18.2 Å². The van der Waals surface area contributed by atoms with Gasteiger partial charge in [-0.15, -0.1) is 0 Å². The van der Waals surface area contributed by atoms with Crippen molar-refractivity contribution in [3.05, 3.63) is 33.9 Å². The molecule has 0 amide bonds. The Morgan fingerprint density at radius 2 is 2.31 bits per heavy atom. The molecule has 1 aromatic carbocycles. The molecular weight excluding hydrogens is 188 g/mol. The first-order valence-electron chi connectivity index (χ1n) is 3.68. The van der Waals surface area contributed by atoms with Crippen molar-refractivity contribution in [3.63, 3.8) is 0 Å². The summed E-state index contributed by atoms with van der Waals surface area (Å²) in [6.45, 7) is 1.95. The Morgan fingerprint density at radius 3 is 3.00 bits per heavy atom. The third-order valence-electron chi connectivity index (χ3n) is 1.69. The van der Waals surface area contributed by atoms with E-state index in [0.717, 1.165) is 21.6 Å². The van der Waals surface area contributed by atoms with Crippen LogP contribution in [-0.4, -0.2) is 9.91 Å². The van der Waals surface area contributed by atoms with Gasteiger partial charge in [0.1, 0.15) is 0 Å². The molecule has 0 unspecified atom stereocenters. The summed E-state index contributed by atoms with van der Waals surface area (Å²) < 4.78 is 0.867. The number of benzene rings is 1. The quantitative estimate of drug-likeness (QED) is 0.517. The van der Waals surface area contributed by atoms with E-state index in [4.69, 9.17) is 0 Å². The highest BCUT2D eigenvalue weighted by Gasteiger charge is 2.14. The van der Waals surface area contributed by atoms with Gasteiger partial charge in [0.2, 0.25) is 0 Å². The number of nitrogens with zero attached hydrogens (tertiary/aromatic N) is 2. The number of rotatable bonds is 1. The van der Waals surface area contributed by atoms with Crippen LogP contribution in [0.3, 0.4) is 0 Å². The molecule has 0 atom stereocenters. The molecule has 0 N–H and O–H groups in total. The van der Waals surface area contributed by atoms with Crippen LogP contribution >= 0.6 is 11.3 Å². The Morgan fingerprint density at radius 1 is 1.54 bits per heavy atom. The van der Waals surface area contributed by atoms with Crippen LogP contribution in [0.4, 0.5) is 5.13 Å². The average Bonchev–Trinajstić information content (AvgIpc) is 2.46. The molecular formula is C8H6N2O2S. The lowest BCUT2D eigenvalue weighted by molar-refractivity contribution is -0.384.